The van der Waals surface area contributed by atoms with E-state index < -0.39 is 0 Å². The molecular weight excluding hydrogens is 260 g/mol. The lowest BCUT2D eigenvalue weighted by atomic mass is 10.0. The van der Waals surface area contributed by atoms with Gasteiger partial charge < -0.3 is 10.5 Å². The first-order valence-corrected chi connectivity index (χ1v) is 7.06. The van der Waals surface area contributed by atoms with Crippen molar-refractivity contribution in [2.24, 2.45) is 5.73 Å². The van der Waals surface area contributed by atoms with Crippen LogP contribution in [0.3, 0.4) is 0 Å². The molecular formula is C18H20N2O. The van der Waals surface area contributed by atoms with Gasteiger partial charge in [-0.2, -0.15) is 5.26 Å². The highest BCUT2D eigenvalue weighted by Gasteiger charge is 2.10. The van der Waals surface area contributed by atoms with Gasteiger partial charge in [0.05, 0.1) is 11.6 Å². The Bertz CT molecular complexity index is 657. The second-order valence-electron chi connectivity index (χ2n) is 5.30. The molecule has 0 aliphatic carbocycles. The summed E-state index contributed by atoms with van der Waals surface area (Å²) in [6, 6.07) is 15.9. The monoisotopic (exact) mass is 280 g/mol. The molecule has 1 atom stereocenters. The maximum absolute atomic E-state index is 9.12. The molecule has 108 valence electrons. The van der Waals surface area contributed by atoms with Gasteiger partial charge in [0.1, 0.15) is 12.4 Å². The summed E-state index contributed by atoms with van der Waals surface area (Å²) in [5.74, 6) is 0.877. The van der Waals surface area contributed by atoms with Gasteiger partial charge in [-0.3, -0.25) is 0 Å². The van der Waals surface area contributed by atoms with E-state index >= 15 is 0 Å². The standard InChI is InChI=1S/C18H20N2O/c1-13-6-5-9-15(10-14(2)20)18(13)21-12-17-8-4-3-7-16(17)11-19/h3-9,14H,10,12,20H2,1-2H3. The summed E-state index contributed by atoms with van der Waals surface area (Å²) in [6.07, 6.45) is 0.775. The van der Waals surface area contributed by atoms with Crippen LogP contribution in [0.2, 0.25) is 0 Å². The molecule has 3 heteroatoms. The van der Waals surface area contributed by atoms with Gasteiger partial charge in [0.2, 0.25) is 0 Å². The second-order valence-corrected chi connectivity index (χ2v) is 5.30. The molecule has 0 aromatic heterocycles. The van der Waals surface area contributed by atoms with Crippen molar-refractivity contribution >= 4 is 0 Å². The summed E-state index contributed by atoms with van der Waals surface area (Å²) in [5.41, 5.74) is 9.64. The highest BCUT2D eigenvalue weighted by molar-refractivity contribution is 5.42. The van der Waals surface area contributed by atoms with Gasteiger partial charge in [0, 0.05) is 11.6 Å². The van der Waals surface area contributed by atoms with E-state index in [0.717, 1.165) is 28.9 Å². The Morgan fingerprint density at radius 2 is 1.86 bits per heavy atom. The Morgan fingerprint density at radius 3 is 2.57 bits per heavy atom. The Balaban J connectivity index is 2.22. The van der Waals surface area contributed by atoms with E-state index in [-0.39, 0.29) is 6.04 Å². The number of hydrogen-bond donors (Lipinski definition) is 1. The minimum Gasteiger partial charge on any atom is -0.488 e. The number of para-hydroxylation sites is 1. The maximum Gasteiger partial charge on any atom is 0.125 e. The largest absolute Gasteiger partial charge is 0.488 e. The van der Waals surface area contributed by atoms with Crippen LogP contribution in [0, 0.1) is 18.3 Å². The van der Waals surface area contributed by atoms with E-state index in [0.29, 0.717) is 12.2 Å². The van der Waals surface area contributed by atoms with Gasteiger partial charge in [0.15, 0.2) is 0 Å². The van der Waals surface area contributed by atoms with Crippen LogP contribution in [0.25, 0.3) is 0 Å². The Labute approximate surface area is 126 Å². The Hall–Kier alpha value is -2.31. The number of hydrogen-bond acceptors (Lipinski definition) is 3. The number of rotatable bonds is 5. The fourth-order valence-corrected chi connectivity index (χ4v) is 2.33. The molecule has 1 unspecified atom stereocenters. The van der Waals surface area contributed by atoms with Crippen LogP contribution in [0.1, 0.15) is 29.2 Å². The van der Waals surface area contributed by atoms with Crippen LogP contribution < -0.4 is 10.5 Å². The number of benzene rings is 2. The van der Waals surface area contributed by atoms with Gasteiger partial charge in [-0.1, -0.05) is 36.4 Å². The van der Waals surface area contributed by atoms with Gasteiger partial charge in [-0.25, -0.2) is 0 Å². The minimum atomic E-state index is 0.0838. The van der Waals surface area contributed by atoms with Crippen molar-refractivity contribution in [3.8, 4) is 11.8 Å². The first-order valence-electron chi connectivity index (χ1n) is 7.06. The molecule has 0 amide bonds. The predicted molar refractivity (Wildman–Crippen MR) is 84.0 cm³/mol. The zero-order valence-corrected chi connectivity index (χ0v) is 12.5. The van der Waals surface area contributed by atoms with Crippen LogP contribution in [-0.4, -0.2) is 6.04 Å². The molecule has 0 aliphatic rings. The summed E-state index contributed by atoms with van der Waals surface area (Å²) < 4.78 is 5.99. The van der Waals surface area contributed by atoms with Gasteiger partial charge in [-0.15, -0.1) is 0 Å². The molecule has 0 bridgehead atoms. The lowest BCUT2D eigenvalue weighted by molar-refractivity contribution is 0.300. The van der Waals surface area contributed by atoms with Gasteiger partial charge in [0.25, 0.3) is 0 Å². The topological polar surface area (TPSA) is 59.0 Å². The molecule has 21 heavy (non-hydrogen) atoms. The van der Waals surface area contributed by atoms with E-state index in [4.69, 9.17) is 15.7 Å². The third-order valence-electron chi connectivity index (χ3n) is 3.35. The first-order chi connectivity index (χ1) is 10.1. The predicted octanol–water partition coefficient (Wildman–Crippen LogP) is 3.34. The van der Waals surface area contributed by atoms with Crippen LogP contribution in [0.4, 0.5) is 0 Å². The number of nitrogens with two attached hydrogens (primary N) is 1. The molecule has 0 saturated carbocycles. The Morgan fingerprint density at radius 1 is 1.14 bits per heavy atom. The van der Waals surface area contributed by atoms with Gasteiger partial charge >= 0.3 is 0 Å². The highest BCUT2D eigenvalue weighted by Crippen LogP contribution is 2.26. The van der Waals surface area contributed by atoms with Crippen molar-refractivity contribution in [2.45, 2.75) is 32.9 Å². The molecule has 2 rings (SSSR count). The van der Waals surface area contributed by atoms with Crippen molar-refractivity contribution in [1.82, 2.24) is 0 Å². The average molecular weight is 280 g/mol. The van der Waals surface area contributed by atoms with E-state index in [1.807, 2.05) is 50.2 Å². The summed E-state index contributed by atoms with van der Waals surface area (Å²) >= 11 is 0. The smallest absolute Gasteiger partial charge is 0.125 e. The SMILES string of the molecule is Cc1cccc(CC(C)N)c1OCc1ccccc1C#N. The average Bonchev–Trinajstić information content (AvgIpc) is 2.46. The third kappa shape index (κ3) is 3.84. The molecule has 2 aromatic carbocycles. The number of aryl methyl sites for hydroxylation is 1. The van der Waals surface area contributed by atoms with Crippen molar-refractivity contribution in [3.05, 3.63) is 64.7 Å². The summed E-state index contributed by atoms with van der Waals surface area (Å²) in [5, 5.41) is 9.12. The van der Waals surface area contributed by atoms with Crippen molar-refractivity contribution in [3.63, 3.8) is 0 Å². The van der Waals surface area contributed by atoms with Crippen LogP contribution in [0.5, 0.6) is 5.75 Å². The van der Waals surface area contributed by atoms with E-state index in [1.165, 1.54) is 0 Å². The van der Waals surface area contributed by atoms with Crippen molar-refractivity contribution < 1.29 is 4.74 Å². The second kappa shape index (κ2) is 6.92. The number of nitrogens with zero attached hydrogens (tertiary/aromatic N) is 1. The number of nitriles is 1. The Kier molecular flexibility index (Phi) is 4.97. The summed E-state index contributed by atoms with van der Waals surface area (Å²) in [4.78, 5) is 0. The quantitative estimate of drug-likeness (QED) is 0.913. The molecule has 2 aromatic rings. The zero-order valence-electron chi connectivity index (χ0n) is 12.5. The molecule has 0 fully saturated rings. The molecule has 2 N–H and O–H groups in total. The fraction of sp³-hybridized carbons (Fsp3) is 0.278. The lowest BCUT2D eigenvalue weighted by Gasteiger charge is -2.16. The van der Waals surface area contributed by atoms with E-state index in [2.05, 4.69) is 6.07 Å². The normalized spacial score (nSPS) is 11.7. The summed E-state index contributed by atoms with van der Waals surface area (Å²) in [7, 11) is 0. The minimum absolute atomic E-state index is 0.0838. The van der Waals surface area contributed by atoms with Crippen LogP contribution in [0.15, 0.2) is 42.5 Å². The van der Waals surface area contributed by atoms with Crippen LogP contribution in [-0.2, 0) is 13.0 Å². The maximum atomic E-state index is 9.12. The zero-order chi connectivity index (χ0) is 15.2. The molecule has 0 saturated heterocycles. The van der Waals surface area contributed by atoms with Crippen molar-refractivity contribution in [1.29, 1.82) is 5.26 Å². The highest BCUT2D eigenvalue weighted by atomic mass is 16.5. The molecule has 0 heterocycles. The lowest BCUT2D eigenvalue weighted by Crippen LogP contribution is -2.18. The van der Waals surface area contributed by atoms with Gasteiger partial charge in [-0.05, 0) is 37.5 Å². The molecule has 0 radical (unpaired) electrons. The molecule has 0 spiro atoms. The van der Waals surface area contributed by atoms with Crippen LogP contribution >= 0.6 is 0 Å². The summed E-state index contributed by atoms with van der Waals surface area (Å²) in [6.45, 7) is 4.40. The van der Waals surface area contributed by atoms with Crippen molar-refractivity contribution in [2.75, 3.05) is 0 Å². The molecule has 3 nitrogen and oxygen atoms in total. The molecule has 0 aliphatic heterocycles. The fourth-order valence-electron chi connectivity index (χ4n) is 2.33. The first kappa shape index (κ1) is 15.1. The number of ether oxygens (including phenoxy) is 1. The van der Waals surface area contributed by atoms with E-state index in [9.17, 15) is 0 Å². The van der Waals surface area contributed by atoms with E-state index in [1.54, 1.807) is 6.07 Å². The third-order valence-corrected chi connectivity index (χ3v) is 3.35.